The Balaban J connectivity index is 1.33. The number of aromatic nitrogens is 4. The third kappa shape index (κ3) is 3.26. The van der Waals surface area contributed by atoms with Crippen LogP contribution in [-0.4, -0.2) is 44.4 Å². The van der Waals surface area contributed by atoms with E-state index in [0.29, 0.717) is 6.04 Å². The smallest absolute Gasteiger partial charge is 0.126 e. The number of aromatic amines is 1. The van der Waals surface area contributed by atoms with Crippen LogP contribution in [0.25, 0.3) is 0 Å². The third-order valence-electron chi connectivity index (χ3n) is 5.52. The van der Waals surface area contributed by atoms with E-state index in [0.717, 1.165) is 45.2 Å². The molecule has 1 fully saturated rings. The third-order valence-corrected chi connectivity index (χ3v) is 5.52. The Morgan fingerprint density at radius 2 is 2.21 bits per heavy atom. The summed E-state index contributed by atoms with van der Waals surface area (Å²) in [5.41, 5.74) is 2.54. The van der Waals surface area contributed by atoms with Crippen molar-refractivity contribution >= 4 is 0 Å². The second kappa shape index (κ2) is 7.07. The molecule has 0 amide bonds. The van der Waals surface area contributed by atoms with Gasteiger partial charge in [-0.05, 0) is 25.7 Å². The molecule has 1 N–H and O–H groups in total. The summed E-state index contributed by atoms with van der Waals surface area (Å²) in [6.45, 7) is 6.98. The molecule has 1 aliphatic heterocycles. The van der Waals surface area contributed by atoms with Crippen molar-refractivity contribution in [3.8, 4) is 0 Å². The number of nitrogens with one attached hydrogen (secondary N) is 1. The van der Waals surface area contributed by atoms with E-state index in [9.17, 15) is 0 Å². The highest BCUT2D eigenvalue weighted by molar-refractivity contribution is 5.12. The molecule has 6 heteroatoms. The van der Waals surface area contributed by atoms with Crippen molar-refractivity contribution in [2.45, 2.75) is 51.7 Å². The fraction of sp³-hybridized carbons (Fsp3) is 0.667. The average Bonchev–Trinajstić information content (AvgIpc) is 3.18. The Hall–Kier alpha value is -1.66. The van der Waals surface area contributed by atoms with E-state index >= 15 is 0 Å². The molecule has 0 spiro atoms. The molecular weight excluding hydrogens is 302 g/mol. The van der Waals surface area contributed by atoms with Crippen molar-refractivity contribution < 1.29 is 4.74 Å². The zero-order valence-electron chi connectivity index (χ0n) is 14.4. The van der Waals surface area contributed by atoms with Crippen molar-refractivity contribution in [2.24, 2.45) is 5.92 Å². The highest BCUT2D eigenvalue weighted by Crippen LogP contribution is 2.28. The molecule has 0 bridgehead atoms. The second-order valence-electron chi connectivity index (χ2n) is 7.13. The minimum atomic E-state index is 0.332. The van der Waals surface area contributed by atoms with Crippen LogP contribution in [0.15, 0.2) is 18.6 Å². The molecule has 1 aliphatic carbocycles. The standard InChI is InChI=1S/C18H27N5O/c1-14-18-19-11-17(5-8-24-13-15-3-2-4-15)23(18)7-6-22(14)12-16-9-20-21-10-16/h9-11,14-15H,2-8,12-13H2,1H3,(H,20,21). The number of H-pyrrole nitrogens is 1. The Morgan fingerprint density at radius 3 is 2.96 bits per heavy atom. The second-order valence-corrected chi connectivity index (χ2v) is 7.13. The average molecular weight is 329 g/mol. The van der Waals surface area contributed by atoms with E-state index in [4.69, 9.17) is 9.72 Å². The lowest BCUT2D eigenvalue weighted by molar-refractivity contribution is 0.0711. The van der Waals surface area contributed by atoms with E-state index in [-0.39, 0.29) is 0 Å². The van der Waals surface area contributed by atoms with Gasteiger partial charge in [-0.3, -0.25) is 10.00 Å². The first-order valence-corrected chi connectivity index (χ1v) is 9.15. The van der Waals surface area contributed by atoms with Crippen molar-refractivity contribution in [1.82, 2.24) is 24.6 Å². The first-order chi connectivity index (χ1) is 11.8. The van der Waals surface area contributed by atoms with Gasteiger partial charge in [0.15, 0.2) is 0 Å². The number of hydrogen-bond acceptors (Lipinski definition) is 4. The lowest BCUT2D eigenvalue weighted by atomic mass is 9.86. The molecule has 0 radical (unpaired) electrons. The van der Waals surface area contributed by atoms with Crippen molar-refractivity contribution in [3.05, 3.63) is 35.7 Å². The lowest BCUT2D eigenvalue weighted by Crippen LogP contribution is -2.37. The highest BCUT2D eigenvalue weighted by atomic mass is 16.5. The summed E-state index contributed by atoms with van der Waals surface area (Å²) < 4.78 is 8.25. The molecule has 1 unspecified atom stereocenters. The molecule has 130 valence electrons. The molecule has 6 nitrogen and oxygen atoms in total. The summed E-state index contributed by atoms with van der Waals surface area (Å²) in [5.74, 6) is 2.00. The van der Waals surface area contributed by atoms with Gasteiger partial charge in [0.25, 0.3) is 0 Å². The molecule has 24 heavy (non-hydrogen) atoms. The largest absolute Gasteiger partial charge is 0.381 e. The molecule has 0 aromatic carbocycles. The van der Waals surface area contributed by atoms with Crippen molar-refractivity contribution in [1.29, 1.82) is 0 Å². The van der Waals surface area contributed by atoms with Gasteiger partial charge in [0, 0.05) is 56.3 Å². The van der Waals surface area contributed by atoms with Gasteiger partial charge in [-0.25, -0.2) is 4.98 Å². The summed E-state index contributed by atoms with van der Waals surface area (Å²) in [4.78, 5) is 7.16. The topological polar surface area (TPSA) is 59.0 Å². The number of rotatable bonds is 7. The Kier molecular flexibility index (Phi) is 4.67. The fourth-order valence-electron chi connectivity index (χ4n) is 3.70. The highest BCUT2D eigenvalue weighted by Gasteiger charge is 2.27. The number of nitrogens with zero attached hydrogens (tertiary/aromatic N) is 4. The van der Waals surface area contributed by atoms with Crippen LogP contribution in [0.2, 0.25) is 0 Å². The molecule has 4 rings (SSSR count). The van der Waals surface area contributed by atoms with Crippen LogP contribution in [0, 0.1) is 5.92 Å². The molecule has 1 saturated carbocycles. The van der Waals surface area contributed by atoms with Crippen LogP contribution in [0.5, 0.6) is 0 Å². The minimum Gasteiger partial charge on any atom is -0.381 e. The van der Waals surface area contributed by atoms with Crippen LogP contribution >= 0.6 is 0 Å². The Labute approximate surface area is 143 Å². The van der Waals surface area contributed by atoms with Gasteiger partial charge in [-0.15, -0.1) is 0 Å². The predicted molar refractivity (Wildman–Crippen MR) is 91.5 cm³/mol. The van der Waals surface area contributed by atoms with Crippen LogP contribution in [-0.2, 0) is 24.2 Å². The van der Waals surface area contributed by atoms with E-state index in [1.807, 2.05) is 18.6 Å². The minimum absolute atomic E-state index is 0.332. The maximum absolute atomic E-state index is 5.86. The van der Waals surface area contributed by atoms with Gasteiger partial charge >= 0.3 is 0 Å². The summed E-state index contributed by atoms with van der Waals surface area (Å²) in [7, 11) is 0. The van der Waals surface area contributed by atoms with E-state index in [1.165, 1.54) is 36.3 Å². The maximum atomic E-state index is 5.86. The normalized spacial score (nSPS) is 21.6. The number of hydrogen-bond donors (Lipinski definition) is 1. The number of imidazole rings is 1. The van der Waals surface area contributed by atoms with Crippen LogP contribution < -0.4 is 0 Å². The number of fused-ring (bicyclic) bond motifs is 1. The molecule has 3 heterocycles. The predicted octanol–water partition coefficient (Wildman–Crippen LogP) is 2.54. The lowest BCUT2D eigenvalue weighted by Gasteiger charge is -2.34. The molecular formula is C18H27N5O. The first kappa shape index (κ1) is 15.8. The molecule has 1 atom stereocenters. The maximum Gasteiger partial charge on any atom is 0.126 e. The Bertz CT molecular complexity index is 646. The monoisotopic (exact) mass is 329 g/mol. The fourth-order valence-corrected chi connectivity index (χ4v) is 3.70. The molecule has 2 aromatic rings. The van der Waals surface area contributed by atoms with Crippen LogP contribution in [0.1, 0.15) is 49.3 Å². The van der Waals surface area contributed by atoms with Gasteiger partial charge in [0.05, 0.1) is 18.8 Å². The molecule has 2 aliphatic rings. The summed E-state index contributed by atoms with van der Waals surface area (Å²) in [6.07, 6.45) is 11.0. The van der Waals surface area contributed by atoms with Gasteiger partial charge in [-0.2, -0.15) is 5.10 Å². The summed E-state index contributed by atoms with van der Waals surface area (Å²) in [6, 6.07) is 0.332. The van der Waals surface area contributed by atoms with Crippen molar-refractivity contribution in [3.63, 3.8) is 0 Å². The van der Waals surface area contributed by atoms with E-state index < -0.39 is 0 Å². The Morgan fingerprint density at radius 1 is 1.29 bits per heavy atom. The number of ether oxygens (including phenoxy) is 1. The zero-order chi connectivity index (χ0) is 16.4. The van der Waals surface area contributed by atoms with Gasteiger partial charge < -0.3 is 9.30 Å². The van der Waals surface area contributed by atoms with Crippen molar-refractivity contribution in [2.75, 3.05) is 19.8 Å². The molecule has 0 saturated heterocycles. The SMILES string of the molecule is CC1c2ncc(CCOCC3CCC3)n2CCN1Cc1cn[nH]c1. The van der Waals surface area contributed by atoms with E-state index in [2.05, 4.69) is 26.6 Å². The summed E-state index contributed by atoms with van der Waals surface area (Å²) >= 11 is 0. The summed E-state index contributed by atoms with van der Waals surface area (Å²) in [5, 5.41) is 6.93. The van der Waals surface area contributed by atoms with Gasteiger partial charge in [0.1, 0.15) is 5.82 Å². The van der Waals surface area contributed by atoms with E-state index in [1.54, 1.807) is 0 Å². The van der Waals surface area contributed by atoms with Gasteiger partial charge in [-0.1, -0.05) is 6.42 Å². The zero-order valence-corrected chi connectivity index (χ0v) is 14.4. The van der Waals surface area contributed by atoms with Crippen LogP contribution in [0.3, 0.4) is 0 Å². The molecule has 2 aromatic heterocycles. The van der Waals surface area contributed by atoms with Gasteiger partial charge in [0.2, 0.25) is 0 Å². The first-order valence-electron chi connectivity index (χ1n) is 9.15. The van der Waals surface area contributed by atoms with Crippen LogP contribution in [0.4, 0.5) is 0 Å². The quantitative estimate of drug-likeness (QED) is 0.793.